The second kappa shape index (κ2) is 4.68. The molecule has 2 rings (SSSR count). The summed E-state index contributed by atoms with van der Waals surface area (Å²) in [6.07, 6.45) is 0.986. The van der Waals surface area contributed by atoms with Gasteiger partial charge in [0, 0.05) is 13.0 Å². The third kappa shape index (κ3) is 3.16. The Morgan fingerprint density at radius 3 is 2.47 bits per heavy atom. The predicted molar refractivity (Wildman–Crippen MR) is 57.3 cm³/mol. The maximum Gasteiger partial charge on any atom is 0.214 e. The number of ether oxygens (including phenoxy) is 2. The van der Waals surface area contributed by atoms with Crippen molar-refractivity contribution >= 4 is 5.91 Å². The molecule has 0 saturated heterocycles. The Hall–Kier alpha value is -1.71. The lowest BCUT2D eigenvalue weighted by Crippen LogP contribution is -2.01. The number of hydrogen-bond donors (Lipinski definition) is 1. The van der Waals surface area contributed by atoms with Gasteiger partial charge in [-0.2, -0.15) is 0 Å². The van der Waals surface area contributed by atoms with Crippen LogP contribution in [0, 0.1) is 0 Å². The molecule has 4 heteroatoms. The highest BCUT2D eigenvalue weighted by Gasteiger charge is 2.22. The van der Waals surface area contributed by atoms with Crippen LogP contribution in [-0.4, -0.2) is 13.0 Å². The summed E-state index contributed by atoms with van der Waals surface area (Å²) in [7, 11) is 1.68. The van der Waals surface area contributed by atoms with Crippen LogP contribution in [0.1, 0.15) is 19.4 Å². The number of nitrogens with two attached hydrogens (primary N) is 1. The van der Waals surface area contributed by atoms with Crippen LogP contribution >= 0.6 is 0 Å². The molecule has 0 bridgehead atoms. The van der Waals surface area contributed by atoms with Crippen LogP contribution in [0.15, 0.2) is 12.1 Å². The van der Waals surface area contributed by atoms with Crippen LogP contribution in [0.5, 0.6) is 17.2 Å². The van der Waals surface area contributed by atoms with Gasteiger partial charge in [-0.15, -0.1) is 0 Å². The van der Waals surface area contributed by atoms with Crippen molar-refractivity contribution in [3.8, 4) is 17.2 Å². The molecule has 0 unspecified atom stereocenters. The van der Waals surface area contributed by atoms with E-state index in [1.807, 2.05) is 12.1 Å². The molecule has 0 atom stereocenters. The first kappa shape index (κ1) is 11.4. The van der Waals surface area contributed by atoms with Crippen molar-refractivity contribution in [2.45, 2.75) is 20.3 Å². The first-order valence-corrected chi connectivity index (χ1v) is 4.73. The van der Waals surface area contributed by atoms with Gasteiger partial charge in [-0.25, -0.2) is 0 Å². The van der Waals surface area contributed by atoms with Crippen molar-refractivity contribution in [2.24, 2.45) is 5.73 Å². The van der Waals surface area contributed by atoms with E-state index >= 15 is 0 Å². The van der Waals surface area contributed by atoms with E-state index in [-0.39, 0.29) is 5.91 Å². The summed E-state index contributed by atoms with van der Waals surface area (Å²) < 4.78 is 10.3. The third-order valence-corrected chi connectivity index (χ3v) is 1.91. The van der Waals surface area contributed by atoms with E-state index in [4.69, 9.17) is 9.47 Å². The summed E-state index contributed by atoms with van der Waals surface area (Å²) in [5.41, 5.74) is 5.68. The molecule has 15 heavy (non-hydrogen) atoms. The zero-order chi connectivity index (χ0) is 11.4. The molecule has 0 fully saturated rings. The van der Waals surface area contributed by atoms with Gasteiger partial charge in [0.2, 0.25) is 5.91 Å². The Bertz CT molecular complexity index is 341. The standard InChI is InChI=1S/C9H10O2.C2H5NO/c1-3-6-4-8-9(11-8)5-7(6)10-2;1-2(3)4/h4-5H,3H2,1-2H3;1H3,(H2,3,4). The Balaban J connectivity index is 0.000000245. The molecule has 1 aromatic carbocycles. The largest absolute Gasteiger partial charge is 0.496 e. The maximum absolute atomic E-state index is 9.22. The van der Waals surface area contributed by atoms with Crippen LogP contribution in [0.3, 0.4) is 0 Å². The summed E-state index contributed by atoms with van der Waals surface area (Å²) in [6.45, 7) is 3.41. The SMILES string of the molecule is CC(N)=O.CCc1cc2c(cc1OC)O2. The van der Waals surface area contributed by atoms with Crippen LogP contribution in [-0.2, 0) is 11.2 Å². The number of amides is 1. The van der Waals surface area contributed by atoms with Gasteiger partial charge in [0.1, 0.15) is 5.75 Å². The summed E-state index contributed by atoms with van der Waals surface area (Å²) in [6, 6.07) is 3.97. The fraction of sp³-hybridized carbons (Fsp3) is 0.364. The number of methoxy groups -OCH3 is 1. The van der Waals surface area contributed by atoms with Gasteiger partial charge in [-0.05, 0) is 18.1 Å². The topological polar surface area (TPSA) is 64.9 Å². The number of carbonyl (C=O) groups excluding carboxylic acids is 1. The van der Waals surface area contributed by atoms with Crippen molar-refractivity contribution in [2.75, 3.05) is 7.11 Å². The lowest BCUT2D eigenvalue weighted by atomic mass is 10.1. The van der Waals surface area contributed by atoms with E-state index in [0.717, 1.165) is 23.7 Å². The number of fused-ring (bicyclic) bond motifs is 1. The molecule has 1 aliphatic rings. The molecule has 1 aliphatic heterocycles. The number of primary amides is 1. The normalized spacial score (nSPS) is 10.3. The van der Waals surface area contributed by atoms with Gasteiger partial charge in [0.25, 0.3) is 0 Å². The fourth-order valence-electron chi connectivity index (χ4n) is 1.20. The van der Waals surface area contributed by atoms with Crippen molar-refractivity contribution in [1.29, 1.82) is 0 Å². The van der Waals surface area contributed by atoms with Crippen molar-refractivity contribution in [1.82, 2.24) is 0 Å². The maximum atomic E-state index is 9.22. The molecule has 0 spiro atoms. The smallest absolute Gasteiger partial charge is 0.214 e. The summed E-state index contributed by atoms with van der Waals surface area (Å²) in [4.78, 5) is 9.22. The minimum atomic E-state index is -0.333. The van der Waals surface area contributed by atoms with E-state index in [1.54, 1.807) is 7.11 Å². The molecule has 0 radical (unpaired) electrons. The van der Waals surface area contributed by atoms with Gasteiger partial charge >= 0.3 is 0 Å². The fourth-order valence-corrected chi connectivity index (χ4v) is 1.20. The van der Waals surface area contributed by atoms with Gasteiger partial charge < -0.3 is 15.2 Å². The second-order valence-corrected chi connectivity index (χ2v) is 3.18. The lowest BCUT2D eigenvalue weighted by molar-refractivity contribution is -0.115. The Kier molecular flexibility index (Phi) is 3.55. The molecule has 4 nitrogen and oxygen atoms in total. The molecule has 0 aromatic heterocycles. The van der Waals surface area contributed by atoms with Crippen molar-refractivity contribution in [3.05, 3.63) is 17.7 Å². The highest BCUT2D eigenvalue weighted by molar-refractivity contribution is 5.70. The van der Waals surface area contributed by atoms with E-state index < -0.39 is 0 Å². The number of benzene rings is 1. The summed E-state index contributed by atoms with van der Waals surface area (Å²) in [5, 5.41) is 0. The molecule has 1 heterocycles. The molecular weight excluding hydrogens is 194 g/mol. The van der Waals surface area contributed by atoms with Crippen LogP contribution in [0.4, 0.5) is 0 Å². The Morgan fingerprint density at radius 1 is 1.47 bits per heavy atom. The average Bonchev–Trinajstić information content (AvgIpc) is 2.92. The highest BCUT2D eigenvalue weighted by atomic mass is 16.6. The molecular formula is C11H15NO3. The van der Waals surface area contributed by atoms with E-state index in [9.17, 15) is 4.79 Å². The summed E-state index contributed by atoms with van der Waals surface area (Å²) in [5.74, 6) is 2.56. The highest BCUT2D eigenvalue weighted by Crippen LogP contribution is 2.48. The quantitative estimate of drug-likeness (QED) is 0.768. The van der Waals surface area contributed by atoms with Gasteiger partial charge in [0.15, 0.2) is 11.5 Å². The molecule has 82 valence electrons. The van der Waals surface area contributed by atoms with Crippen molar-refractivity contribution < 1.29 is 14.3 Å². The summed E-state index contributed by atoms with van der Waals surface area (Å²) >= 11 is 0. The minimum Gasteiger partial charge on any atom is -0.496 e. The zero-order valence-electron chi connectivity index (χ0n) is 9.16. The lowest BCUT2D eigenvalue weighted by Gasteiger charge is -2.01. The molecule has 1 aromatic rings. The van der Waals surface area contributed by atoms with Crippen LogP contribution < -0.4 is 15.2 Å². The van der Waals surface area contributed by atoms with Gasteiger partial charge in [-0.3, -0.25) is 4.79 Å². The number of hydrogen-bond acceptors (Lipinski definition) is 3. The molecule has 0 saturated carbocycles. The van der Waals surface area contributed by atoms with Crippen LogP contribution in [0.2, 0.25) is 0 Å². The van der Waals surface area contributed by atoms with Crippen LogP contribution in [0.25, 0.3) is 0 Å². The van der Waals surface area contributed by atoms with Gasteiger partial charge in [-0.1, -0.05) is 6.92 Å². The Labute approximate surface area is 89.0 Å². The third-order valence-electron chi connectivity index (χ3n) is 1.91. The first-order chi connectivity index (χ1) is 7.08. The zero-order valence-corrected chi connectivity index (χ0v) is 9.16. The number of carbonyl (C=O) groups is 1. The number of aryl methyl sites for hydroxylation is 1. The number of rotatable bonds is 2. The monoisotopic (exact) mass is 209 g/mol. The minimum absolute atomic E-state index is 0.333. The Morgan fingerprint density at radius 2 is 2.00 bits per heavy atom. The first-order valence-electron chi connectivity index (χ1n) is 4.73. The van der Waals surface area contributed by atoms with Crippen molar-refractivity contribution in [3.63, 3.8) is 0 Å². The van der Waals surface area contributed by atoms with E-state index in [0.29, 0.717) is 0 Å². The average molecular weight is 209 g/mol. The van der Waals surface area contributed by atoms with E-state index in [2.05, 4.69) is 12.7 Å². The molecule has 1 amide bonds. The second-order valence-electron chi connectivity index (χ2n) is 3.18. The van der Waals surface area contributed by atoms with Gasteiger partial charge in [0.05, 0.1) is 7.11 Å². The molecule has 0 aliphatic carbocycles. The molecule has 2 N–H and O–H groups in total. The van der Waals surface area contributed by atoms with E-state index in [1.165, 1.54) is 12.5 Å². The predicted octanol–water partition coefficient (Wildman–Crippen LogP) is 1.85.